The Labute approximate surface area is 138 Å². The van der Waals surface area contributed by atoms with Gasteiger partial charge in [-0.15, -0.1) is 0 Å². The Bertz CT molecular complexity index is 750. The lowest BCUT2D eigenvalue weighted by molar-refractivity contribution is 0.152. The Kier molecular flexibility index (Phi) is 4.83. The van der Waals surface area contributed by atoms with E-state index in [1.807, 2.05) is 11.5 Å². The van der Waals surface area contributed by atoms with E-state index < -0.39 is 0 Å². The van der Waals surface area contributed by atoms with E-state index in [9.17, 15) is 4.79 Å². The maximum absolute atomic E-state index is 12.5. The van der Waals surface area contributed by atoms with Crippen molar-refractivity contribution in [3.8, 4) is 0 Å². The lowest BCUT2D eigenvalue weighted by Crippen LogP contribution is -2.52. The first kappa shape index (κ1) is 16.2. The van der Waals surface area contributed by atoms with E-state index in [-0.39, 0.29) is 5.56 Å². The second-order valence-electron chi connectivity index (χ2n) is 6.64. The number of aryl methyl sites for hydroxylation is 2. The number of hydrogen-bond donors (Lipinski definition) is 1. The molecule has 1 fully saturated rings. The van der Waals surface area contributed by atoms with E-state index in [0.717, 1.165) is 50.2 Å². The van der Waals surface area contributed by atoms with Crippen LogP contribution in [0, 0.1) is 13.8 Å². The SMILES string of the molecule is CCC1CNCCN1CCn1c(=O)cc(C)c2ccc(C)cc21. The molecule has 2 heterocycles. The van der Waals surface area contributed by atoms with Gasteiger partial charge in [0.1, 0.15) is 0 Å². The van der Waals surface area contributed by atoms with Gasteiger partial charge in [0.15, 0.2) is 0 Å². The van der Waals surface area contributed by atoms with Crippen LogP contribution in [0.25, 0.3) is 10.9 Å². The quantitative estimate of drug-likeness (QED) is 0.941. The van der Waals surface area contributed by atoms with Crippen molar-refractivity contribution in [2.45, 2.75) is 39.8 Å². The third-order valence-corrected chi connectivity index (χ3v) is 5.03. The fourth-order valence-electron chi connectivity index (χ4n) is 3.62. The van der Waals surface area contributed by atoms with Crippen molar-refractivity contribution in [3.05, 3.63) is 45.7 Å². The molecule has 1 aromatic heterocycles. The fraction of sp³-hybridized carbons (Fsp3) is 0.526. The lowest BCUT2D eigenvalue weighted by atomic mass is 10.1. The summed E-state index contributed by atoms with van der Waals surface area (Å²) >= 11 is 0. The van der Waals surface area contributed by atoms with Crippen LogP contribution >= 0.6 is 0 Å². The van der Waals surface area contributed by atoms with Crippen molar-refractivity contribution in [1.82, 2.24) is 14.8 Å². The summed E-state index contributed by atoms with van der Waals surface area (Å²) in [5, 5.41) is 4.64. The van der Waals surface area contributed by atoms with E-state index in [1.54, 1.807) is 6.07 Å². The van der Waals surface area contributed by atoms with Crippen LogP contribution in [-0.2, 0) is 6.54 Å². The number of fused-ring (bicyclic) bond motifs is 1. The van der Waals surface area contributed by atoms with Gasteiger partial charge in [0.05, 0.1) is 5.52 Å². The van der Waals surface area contributed by atoms with Gasteiger partial charge in [-0.2, -0.15) is 0 Å². The van der Waals surface area contributed by atoms with Gasteiger partial charge in [-0.25, -0.2) is 0 Å². The van der Waals surface area contributed by atoms with E-state index in [0.29, 0.717) is 6.04 Å². The van der Waals surface area contributed by atoms with Gasteiger partial charge in [-0.1, -0.05) is 19.1 Å². The van der Waals surface area contributed by atoms with E-state index in [1.165, 1.54) is 10.9 Å². The minimum Gasteiger partial charge on any atom is -0.314 e. The summed E-state index contributed by atoms with van der Waals surface area (Å²) in [5.74, 6) is 0. The molecule has 0 spiro atoms. The molecule has 1 aliphatic heterocycles. The average molecular weight is 313 g/mol. The highest BCUT2D eigenvalue weighted by Gasteiger charge is 2.20. The number of nitrogens with one attached hydrogen (secondary N) is 1. The summed E-state index contributed by atoms with van der Waals surface area (Å²) in [6, 6.07) is 8.74. The summed E-state index contributed by atoms with van der Waals surface area (Å²) in [7, 11) is 0. The predicted octanol–water partition coefficient (Wildman–Crippen LogP) is 2.30. The van der Waals surface area contributed by atoms with Gasteiger partial charge < -0.3 is 9.88 Å². The number of rotatable bonds is 4. The van der Waals surface area contributed by atoms with Crippen LogP contribution in [-0.4, -0.2) is 41.7 Å². The standard InChI is InChI=1S/C19H27N3O/c1-4-16-13-20-7-8-21(16)9-10-22-18-11-14(2)5-6-17(18)15(3)12-19(22)23/h5-6,11-12,16,20H,4,7-10,13H2,1-3H3. The molecule has 3 rings (SSSR count). The number of piperazine rings is 1. The van der Waals surface area contributed by atoms with Crippen LogP contribution in [0.5, 0.6) is 0 Å². The zero-order chi connectivity index (χ0) is 16.4. The first-order valence-electron chi connectivity index (χ1n) is 8.65. The molecule has 0 saturated carbocycles. The van der Waals surface area contributed by atoms with Crippen LogP contribution in [0.15, 0.2) is 29.1 Å². The van der Waals surface area contributed by atoms with Crippen LogP contribution in [0.3, 0.4) is 0 Å². The second-order valence-corrected chi connectivity index (χ2v) is 6.64. The Morgan fingerprint density at radius 1 is 1.22 bits per heavy atom. The molecule has 1 N–H and O–H groups in total. The normalized spacial score (nSPS) is 19.3. The Hall–Kier alpha value is -1.65. The maximum atomic E-state index is 12.5. The smallest absolute Gasteiger partial charge is 0.251 e. The van der Waals surface area contributed by atoms with Gasteiger partial charge in [-0.05, 0) is 37.5 Å². The molecular weight excluding hydrogens is 286 g/mol. The largest absolute Gasteiger partial charge is 0.314 e. The van der Waals surface area contributed by atoms with Gasteiger partial charge in [-0.3, -0.25) is 9.69 Å². The summed E-state index contributed by atoms with van der Waals surface area (Å²) in [6.07, 6.45) is 1.15. The van der Waals surface area contributed by atoms with Crippen LogP contribution < -0.4 is 10.9 Å². The summed E-state index contributed by atoms with van der Waals surface area (Å²) in [6.45, 7) is 11.2. The van der Waals surface area contributed by atoms with Gasteiger partial charge >= 0.3 is 0 Å². The molecule has 1 aromatic carbocycles. The van der Waals surface area contributed by atoms with Gasteiger partial charge in [0.2, 0.25) is 0 Å². The van der Waals surface area contributed by atoms with Gasteiger partial charge in [0.25, 0.3) is 5.56 Å². The zero-order valence-electron chi connectivity index (χ0n) is 14.4. The van der Waals surface area contributed by atoms with Gasteiger partial charge in [0, 0.05) is 50.2 Å². The van der Waals surface area contributed by atoms with Crippen molar-refractivity contribution >= 4 is 10.9 Å². The summed E-state index contributed by atoms with van der Waals surface area (Å²) in [4.78, 5) is 15.0. The molecule has 0 amide bonds. The number of nitrogens with zero attached hydrogens (tertiary/aromatic N) is 2. The molecule has 1 unspecified atom stereocenters. The summed E-state index contributed by atoms with van der Waals surface area (Å²) < 4.78 is 1.95. The summed E-state index contributed by atoms with van der Waals surface area (Å²) in [5.41, 5.74) is 3.45. The Morgan fingerprint density at radius 2 is 2.04 bits per heavy atom. The molecule has 0 bridgehead atoms. The molecule has 124 valence electrons. The monoisotopic (exact) mass is 313 g/mol. The average Bonchev–Trinajstić information content (AvgIpc) is 2.54. The first-order valence-corrected chi connectivity index (χ1v) is 8.65. The highest BCUT2D eigenvalue weighted by atomic mass is 16.1. The minimum atomic E-state index is 0.115. The molecule has 0 radical (unpaired) electrons. The van der Waals surface area contributed by atoms with Crippen LogP contribution in [0.1, 0.15) is 24.5 Å². The highest BCUT2D eigenvalue weighted by molar-refractivity contribution is 5.83. The van der Waals surface area contributed by atoms with Crippen LogP contribution in [0.4, 0.5) is 0 Å². The minimum absolute atomic E-state index is 0.115. The van der Waals surface area contributed by atoms with E-state index >= 15 is 0 Å². The van der Waals surface area contributed by atoms with Crippen molar-refractivity contribution in [2.75, 3.05) is 26.2 Å². The van der Waals surface area contributed by atoms with Crippen molar-refractivity contribution in [3.63, 3.8) is 0 Å². The van der Waals surface area contributed by atoms with E-state index in [4.69, 9.17) is 0 Å². The second kappa shape index (κ2) is 6.85. The van der Waals surface area contributed by atoms with Crippen molar-refractivity contribution < 1.29 is 0 Å². The molecule has 1 saturated heterocycles. The number of hydrogen-bond acceptors (Lipinski definition) is 3. The predicted molar refractivity (Wildman–Crippen MR) is 96.2 cm³/mol. The highest BCUT2D eigenvalue weighted by Crippen LogP contribution is 2.18. The number of aromatic nitrogens is 1. The van der Waals surface area contributed by atoms with Crippen LogP contribution in [0.2, 0.25) is 0 Å². The third kappa shape index (κ3) is 3.33. The topological polar surface area (TPSA) is 37.3 Å². The third-order valence-electron chi connectivity index (χ3n) is 5.03. The molecule has 1 atom stereocenters. The molecular formula is C19H27N3O. The molecule has 4 heteroatoms. The number of benzene rings is 1. The zero-order valence-corrected chi connectivity index (χ0v) is 14.4. The molecule has 0 aliphatic carbocycles. The fourth-order valence-corrected chi connectivity index (χ4v) is 3.62. The molecule has 4 nitrogen and oxygen atoms in total. The Balaban J connectivity index is 1.90. The number of pyridine rings is 1. The van der Waals surface area contributed by atoms with E-state index in [2.05, 4.69) is 42.3 Å². The molecule has 23 heavy (non-hydrogen) atoms. The maximum Gasteiger partial charge on any atom is 0.251 e. The lowest BCUT2D eigenvalue weighted by Gasteiger charge is -2.35. The van der Waals surface area contributed by atoms with Crippen molar-refractivity contribution in [1.29, 1.82) is 0 Å². The Morgan fingerprint density at radius 3 is 2.83 bits per heavy atom. The molecule has 1 aliphatic rings. The molecule has 2 aromatic rings. The van der Waals surface area contributed by atoms with Crippen molar-refractivity contribution in [2.24, 2.45) is 0 Å². The first-order chi connectivity index (χ1) is 11.1.